The number of amides is 4. The van der Waals surface area contributed by atoms with Gasteiger partial charge in [0.25, 0.3) is 5.91 Å². The first-order valence-corrected chi connectivity index (χ1v) is 11.1. The summed E-state index contributed by atoms with van der Waals surface area (Å²) in [7, 11) is 0. The predicted octanol–water partition coefficient (Wildman–Crippen LogP) is 3.25. The fourth-order valence-electron chi connectivity index (χ4n) is 4.66. The molecule has 2 aromatic rings. The topological polar surface area (TPSA) is 94.3 Å². The minimum Gasteiger partial charge on any atom is -0.361 e. The first-order chi connectivity index (χ1) is 14.9. The number of imide groups is 1. The van der Waals surface area contributed by atoms with Crippen LogP contribution in [0.2, 0.25) is 0 Å². The van der Waals surface area contributed by atoms with Gasteiger partial charge in [0.1, 0.15) is 11.9 Å². The number of carbonyl (C=O) groups excluding carboxylic acids is 3. The van der Waals surface area contributed by atoms with Crippen molar-refractivity contribution in [2.45, 2.75) is 64.0 Å². The van der Waals surface area contributed by atoms with E-state index in [1.54, 1.807) is 12.3 Å². The molecule has 4 rings (SSSR count). The lowest BCUT2D eigenvalue weighted by atomic mass is 9.86. The number of H-pyrrole nitrogens is 1. The number of nitrogens with one attached hydrogen (secondary N) is 3. The number of rotatable bonds is 7. The number of nitrogens with zero attached hydrogens (tertiary/aromatic N) is 1. The van der Waals surface area contributed by atoms with Gasteiger partial charge in [-0.05, 0) is 55.4 Å². The lowest BCUT2D eigenvalue weighted by molar-refractivity contribution is -0.127. The second kappa shape index (κ2) is 9.08. The van der Waals surface area contributed by atoms with Crippen molar-refractivity contribution in [1.82, 2.24) is 20.5 Å². The van der Waals surface area contributed by atoms with Crippen LogP contribution in [0.4, 0.5) is 9.18 Å². The van der Waals surface area contributed by atoms with E-state index in [4.69, 9.17) is 0 Å². The Morgan fingerprint density at radius 3 is 2.87 bits per heavy atom. The Balaban J connectivity index is 1.29. The molecular weight excluding hydrogens is 399 g/mol. The van der Waals surface area contributed by atoms with E-state index < -0.39 is 12.1 Å². The third kappa shape index (κ3) is 4.73. The molecule has 1 aliphatic carbocycles. The molecule has 2 heterocycles. The molecule has 1 saturated carbocycles. The van der Waals surface area contributed by atoms with Crippen LogP contribution >= 0.6 is 0 Å². The van der Waals surface area contributed by atoms with Gasteiger partial charge in [-0.3, -0.25) is 14.5 Å². The number of carbonyl (C=O) groups is 3. The van der Waals surface area contributed by atoms with Crippen molar-refractivity contribution in [3.8, 4) is 0 Å². The Morgan fingerprint density at radius 1 is 1.26 bits per heavy atom. The molecule has 31 heavy (non-hydrogen) atoms. The van der Waals surface area contributed by atoms with Crippen molar-refractivity contribution < 1.29 is 18.8 Å². The van der Waals surface area contributed by atoms with E-state index in [0.717, 1.165) is 35.7 Å². The van der Waals surface area contributed by atoms with Gasteiger partial charge in [0.05, 0.1) is 0 Å². The Labute approximate surface area is 180 Å². The zero-order chi connectivity index (χ0) is 22.0. The van der Waals surface area contributed by atoms with Gasteiger partial charge in [-0.25, -0.2) is 9.18 Å². The second-order valence-electron chi connectivity index (χ2n) is 8.72. The fraction of sp³-hybridized carbons (Fsp3) is 0.522. The van der Waals surface area contributed by atoms with E-state index >= 15 is 0 Å². The molecule has 7 nitrogen and oxygen atoms in total. The first-order valence-electron chi connectivity index (χ1n) is 11.1. The minimum absolute atomic E-state index is 0.0694. The maximum absolute atomic E-state index is 13.6. The molecule has 0 bridgehead atoms. The average Bonchev–Trinajstić information content (AvgIpc) is 3.26. The Kier molecular flexibility index (Phi) is 6.25. The van der Waals surface area contributed by atoms with E-state index in [1.165, 1.54) is 23.5 Å². The summed E-state index contributed by atoms with van der Waals surface area (Å²) in [6.07, 6.45) is 7.15. The van der Waals surface area contributed by atoms with Crippen LogP contribution in [-0.4, -0.2) is 46.4 Å². The Bertz CT molecular complexity index is 988. The molecule has 3 atom stereocenters. The lowest BCUT2D eigenvalue weighted by Crippen LogP contribution is -2.41. The van der Waals surface area contributed by atoms with Crippen molar-refractivity contribution in [2.75, 3.05) is 6.54 Å². The first kappa shape index (κ1) is 21.3. The number of hydrogen-bond donors (Lipinski definition) is 3. The van der Waals surface area contributed by atoms with E-state index in [-0.39, 0.29) is 43.1 Å². The predicted molar refractivity (Wildman–Crippen MR) is 115 cm³/mol. The summed E-state index contributed by atoms with van der Waals surface area (Å²) in [6.45, 7) is 2.36. The minimum atomic E-state index is -0.678. The maximum Gasteiger partial charge on any atom is 0.324 e. The van der Waals surface area contributed by atoms with Gasteiger partial charge in [0.2, 0.25) is 5.91 Å². The molecule has 8 heteroatoms. The van der Waals surface area contributed by atoms with E-state index in [9.17, 15) is 18.8 Å². The Hall–Kier alpha value is -2.90. The molecular formula is C23H29FN4O3. The summed E-state index contributed by atoms with van der Waals surface area (Å²) in [5.74, 6) is -0.238. The normalized spacial score (nSPS) is 23.9. The number of hydrogen-bond acceptors (Lipinski definition) is 3. The summed E-state index contributed by atoms with van der Waals surface area (Å²) >= 11 is 0. The van der Waals surface area contributed by atoms with Gasteiger partial charge in [-0.15, -0.1) is 0 Å². The van der Waals surface area contributed by atoms with Crippen LogP contribution in [0.25, 0.3) is 10.9 Å². The summed E-state index contributed by atoms with van der Waals surface area (Å²) in [5, 5.41) is 6.52. The highest BCUT2D eigenvalue weighted by atomic mass is 19.1. The van der Waals surface area contributed by atoms with Crippen molar-refractivity contribution in [1.29, 1.82) is 0 Å². The van der Waals surface area contributed by atoms with Crippen LogP contribution < -0.4 is 10.6 Å². The molecule has 0 radical (unpaired) electrons. The van der Waals surface area contributed by atoms with Crippen LogP contribution in [0.15, 0.2) is 24.4 Å². The van der Waals surface area contributed by atoms with Crippen LogP contribution in [0, 0.1) is 11.7 Å². The van der Waals surface area contributed by atoms with Crippen molar-refractivity contribution >= 4 is 28.7 Å². The van der Waals surface area contributed by atoms with Crippen LogP contribution in [-0.2, 0) is 16.0 Å². The molecule has 0 spiro atoms. The highest BCUT2D eigenvalue weighted by Crippen LogP contribution is 2.24. The number of aromatic amines is 1. The molecule has 1 aromatic heterocycles. The second-order valence-corrected chi connectivity index (χ2v) is 8.72. The highest BCUT2D eigenvalue weighted by Gasteiger charge is 2.37. The summed E-state index contributed by atoms with van der Waals surface area (Å²) in [5.41, 5.74) is 1.66. The summed E-state index contributed by atoms with van der Waals surface area (Å²) in [6, 6.07) is 3.58. The molecule has 1 saturated heterocycles. The third-order valence-corrected chi connectivity index (χ3v) is 6.56. The number of halogens is 1. The highest BCUT2D eigenvalue weighted by molar-refractivity contribution is 6.04. The van der Waals surface area contributed by atoms with Gasteiger partial charge in [0, 0.05) is 36.1 Å². The summed E-state index contributed by atoms with van der Waals surface area (Å²) in [4.78, 5) is 41.6. The quantitative estimate of drug-likeness (QED) is 0.591. The Morgan fingerprint density at radius 2 is 2.06 bits per heavy atom. The smallest absolute Gasteiger partial charge is 0.324 e. The van der Waals surface area contributed by atoms with Crippen LogP contribution in [0.1, 0.15) is 51.0 Å². The number of fused-ring (bicyclic) bond motifs is 1. The lowest BCUT2D eigenvalue weighted by Gasteiger charge is -2.29. The van der Waals surface area contributed by atoms with Gasteiger partial charge < -0.3 is 15.6 Å². The maximum atomic E-state index is 13.6. The van der Waals surface area contributed by atoms with Gasteiger partial charge >= 0.3 is 6.03 Å². The van der Waals surface area contributed by atoms with Gasteiger partial charge in [-0.2, -0.15) is 0 Å². The van der Waals surface area contributed by atoms with E-state index in [0.29, 0.717) is 12.3 Å². The number of benzene rings is 1. The van der Waals surface area contributed by atoms with Crippen molar-refractivity contribution in [3.63, 3.8) is 0 Å². The van der Waals surface area contributed by atoms with Crippen molar-refractivity contribution in [3.05, 3.63) is 35.8 Å². The standard InChI is InChI=1S/C23H29FN4O3/c1-14-4-2-3-5-18(14)26-21(29)9-8-20-22(30)28(23(31)27-20)11-10-15-13-25-19-7-6-16(24)12-17(15)19/h6-7,12-14,18,20,25H,2-5,8-11H2,1H3,(H,26,29)(H,27,31)/t14-,18-,20+/m1/s1. The molecule has 4 amide bonds. The van der Waals surface area contributed by atoms with Gasteiger partial charge in [-0.1, -0.05) is 19.8 Å². The van der Waals surface area contributed by atoms with E-state index in [1.807, 2.05) is 0 Å². The number of aromatic nitrogens is 1. The third-order valence-electron chi connectivity index (χ3n) is 6.56. The molecule has 3 N–H and O–H groups in total. The molecule has 2 fully saturated rings. The van der Waals surface area contributed by atoms with Gasteiger partial charge in [0.15, 0.2) is 0 Å². The summed E-state index contributed by atoms with van der Waals surface area (Å²) < 4.78 is 13.6. The monoisotopic (exact) mass is 428 g/mol. The van der Waals surface area contributed by atoms with Crippen LogP contribution in [0.3, 0.4) is 0 Å². The largest absolute Gasteiger partial charge is 0.361 e. The average molecular weight is 429 g/mol. The zero-order valence-corrected chi connectivity index (χ0v) is 17.7. The van der Waals surface area contributed by atoms with E-state index in [2.05, 4.69) is 22.5 Å². The fourth-order valence-corrected chi connectivity index (χ4v) is 4.66. The molecule has 1 aromatic carbocycles. The number of urea groups is 1. The molecule has 1 aliphatic heterocycles. The van der Waals surface area contributed by atoms with Crippen molar-refractivity contribution in [2.24, 2.45) is 5.92 Å². The molecule has 2 aliphatic rings. The van der Waals surface area contributed by atoms with Crippen LogP contribution in [0.5, 0.6) is 0 Å². The molecule has 0 unspecified atom stereocenters. The molecule has 166 valence electrons. The SMILES string of the molecule is C[C@@H]1CCCC[C@H]1NC(=O)CC[C@@H]1NC(=O)N(CCc2c[nH]c3ccc(F)cc23)C1=O. The zero-order valence-electron chi connectivity index (χ0n) is 17.7.